The highest BCUT2D eigenvalue weighted by Gasteiger charge is 2.27. The fourth-order valence-electron chi connectivity index (χ4n) is 2.10. The molecule has 0 aromatic heterocycles. The number of nitrogens with zero attached hydrogens (tertiary/aromatic N) is 1. The Kier molecular flexibility index (Phi) is 7.68. The van der Waals surface area contributed by atoms with Gasteiger partial charge in [-0.2, -0.15) is 0 Å². The molecule has 1 atom stereocenters. The van der Waals surface area contributed by atoms with Crippen molar-refractivity contribution in [3.8, 4) is 0 Å². The largest absolute Gasteiger partial charge is 0.396 e. The van der Waals surface area contributed by atoms with E-state index in [9.17, 15) is 14.0 Å². The van der Waals surface area contributed by atoms with Crippen LogP contribution in [0.4, 0.5) is 4.39 Å². The lowest BCUT2D eigenvalue weighted by Gasteiger charge is -2.30. The third-order valence-electron chi connectivity index (χ3n) is 3.52. The van der Waals surface area contributed by atoms with Crippen molar-refractivity contribution in [3.05, 3.63) is 35.6 Å². The summed E-state index contributed by atoms with van der Waals surface area (Å²) in [7, 11) is 0. The predicted octanol–water partition coefficient (Wildman–Crippen LogP) is 1.70. The Labute approximate surface area is 136 Å². The minimum absolute atomic E-state index is 0.00111. The molecule has 0 aliphatic rings. The van der Waals surface area contributed by atoms with Crippen molar-refractivity contribution in [1.29, 1.82) is 0 Å². The fraction of sp³-hybridized carbons (Fsp3) is 0.529. The van der Waals surface area contributed by atoms with Crippen LogP contribution in [-0.4, -0.2) is 41.0 Å². The van der Waals surface area contributed by atoms with Crippen molar-refractivity contribution >= 4 is 11.8 Å². The van der Waals surface area contributed by atoms with Crippen LogP contribution in [0.1, 0.15) is 32.8 Å². The summed E-state index contributed by atoms with van der Waals surface area (Å²) in [5, 5.41) is 11.5. The Morgan fingerprint density at radius 3 is 2.35 bits per heavy atom. The Balaban J connectivity index is 2.84. The van der Waals surface area contributed by atoms with Crippen LogP contribution in [0.2, 0.25) is 0 Å². The number of hydrogen-bond donors (Lipinski definition) is 2. The smallest absolute Gasteiger partial charge is 0.242 e. The van der Waals surface area contributed by atoms with Gasteiger partial charge >= 0.3 is 0 Å². The minimum Gasteiger partial charge on any atom is -0.396 e. The van der Waals surface area contributed by atoms with Crippen LogP contribution < -0.4 is 5.32 Å². The van der Waals surface area contributed by atoms with Crippen molar-refractivity contribution < 1.29 is 19.1 Å². The van der Waals surface area contributed by atoms with Crippen LogP contribution in [0.5, 0.6) is 0 Å². The molecule has 0 aliphatic carbocycles. The predicted molar refractivity (Wildman–Crippen MR) is 86.0 cm³/mol. The molecule has 0 aliphatic heterocycles. The summed E-state index contributed by atoms with van der Waals surface area (Å²) in [5.41, 5.74) is 0.760. The maximum atomic E-state index is 13.0. The van der Waals surface area contributed by atoms with Gasteiger partial charge in [-0.3, -0.25) is 9.59 Å². The van der Waals surface area contributed by atoms with Gasteiger partial charge in [0.15, 0.2) is 0 Å². The number of amides is 2. The first-order valence-corrected chi connectivity index (χ1v) is 7.80. The van der Waals surface area contributed by atoms with E-state index in [0.717, 1.165) is 5.56 Å². The topological polar surface area (TPSA) is 69.6 Å². The third-order valence-corrected chi connectivity index (χ3v) is 3.52. The van der Waals surface area contributed by atoms with Crippen LogP contribution in [0.15, 0.2) is 24.3 Å². The first-order valence-electron chi connectivity index (χ1n) is 7.80. The average Bonchev–Trinajstić information content (AvgIpc) is 2.53. The highest BCUT2D eigenvalue weighted by Crippen LogP contribution is 2.13. The molecule has 0 fully saturated rings. The number of hydrogen-bond acceptors (Lipinski definition) is 3. The molecular weight excluding hydrogens is 299 g/mol. The third kappa shape index (κ3) is 5.98. The number of carbonyl (C=O) groups excluding carboxylic acids is 2. The van der Waals surface area contributed by atoms with Crippen molar-refractivity contribution in [2.75, 3.05) is 13.2 Å². The van der Waals surface area contributed by atoms with E-state index in [1.54, 1.807) is 32.9 Å². The summed E-state index contributed by atoms with van der Waals surface area (Å²) in [4.78, 5) is 26.1. The van der Waals surface area contributed by atoms with Crippen LogP contribution in [0.25, 0.3) is 0 Å². The zero-order valence-electron chi connectivity index (χ0n) is 13.9. The van der Waals surface area contributed by atoms with Crippen molar-refractivity contribution in [1.82, 2.24) is 10.2 Å². The number of benzene rings is 1. The van der Waals surface area contributed by atoms with Gasteiger partial charge in [0.1, 0.15) is 11.9 Å². The molecule has 1 rings (SSSR count). The van der Waals surface area contributed by atoms with Crippen molar-refractivity contribution in [2.45, 2.75) is 39.8 Å². The highest BCUT2D eigenvalue weighted by molar-refractivity contribution is 5.88. The second-order valence-electron chi connectivity index (χ2n) is 5.79. The van der Waals surface area contributed by atoms with E-state index in [-0.39, 0.29) is 36.7 Å². The van der Waals surface area contributed by atoms with Gasteiger partial charge in [-0.25, -0.2) is 4.39 Å². The average molecular weight is 324 g/mol. The highest BCUT2D eigenvalue weighted by atomic mass is 19.1. The number of rotatable bonds is 8. The lowest BCUT2D eigenvalue weighted by Crippen LogP contribution is -2.49. The van der Waals surface area contributed by atoms with Gasteiger partial charge in [0.25, 0.3) is 0 Å². The molecule has 0 heterocycles. The molecule has 0 radical (unpaired) electrons. The van der Waals surface area contributed by atoms with Crippen molar-refractivity contribution in [2.24, 2.45) is 5.92 Å². The first kappa shape index (κ1) is 19.1. The van der Waals surface area contributed by atoms with E-state index in [4.69, 9.17) is 5.11 Å². The Hall–Kier alpha value is -1.95. The normalized spacial score (nSPS) is 12.1. The van der Waals surface area contributed by atoms with E-state index < -0.39 is 6.04 Å². The lowest BCUT2D eigenvalue weighted by molar-refractivity contribution is -0.143. The Morgan fingerprint density at radius 1 is 1.22 bits per heavy atom. The van der Waals surface area contributed by atoms with Gasteiger partial charge in [0, 0.05) is 25.6 Å². The number of aliphatic hydroxyl groups is 1. The molecular formula is C17H25FN2O3. The fourth-order valence-corrected chi connectivity index (χ4v) is 2.10. The summed E-state index contributed by atoms with van der Waals surface area (Å²) in [6.07, 6.45) is 0.467. The zero-order valence-corrected chi connectivity index (χ0v) is 13.9. The monoisotopic (exact) mass is 324 g/mol. The van der Waals surface area contributed by atoms with Gasteiger partial charge in [-0.1, -0.05) is 26.0 Å². The standard InChI is InChI=1S/C17H25FN2O3/c1-12(2)17(23)20(11-14-5-7-15(18)8-6-14)13(3)16(22)19-9-4-10-21/h5-8,12-13,21H,4,9-11H2,1-3H3,(H,19,22). The summed E-state index contributed by atoms with van der Waals surface area (Å²) in [5.74, 6) is -0.998. The summed E-state index contributed by atoms with van der Waals surface area (Å²) in [6.45, 7) is 5.82. The number of aliphatic hydroxyl groups excluding tert-OH is 1. The molecule has 0 saturated carbocycles. The van der Waals surface area contributed by atoms with E-state index in [0.29, 0.717) is 13.0 Å². The minimum atomic E-state index is -0.645. The summed E-state index contributed by atoms with van der Waals surface area (Å²) >= 11 is 0. The molecule has 1 aromatic rings. The maximum absolute atomic E-state index is 13.0. The van der Waals surface area contributed by atoms with Crippen LogP contribution in [0, 0.1) is 11.7 Å². The lowest BCUT2D eigenvalue weighted by atomic mass is 10.1. The van der Waals surface area contributed by atoms with Gasteiger partial charge in [-0.15, -0.1) is 0 Å². The molecule has 0 bridgehead atoms. The summed E-state index contributed by atoms with van der Waals surface area (Å²) in [6, 6.07) is 5.23. The first-order chi connectivity index (χ1) is 10.9. The van der Waals surface area contributed by atoms with E-state index in [1.807, 2.05) is 0 Å². The molecule has 6 heteroatoms. The van der Waals surface area contributed by atoms with Gasteiger partial charge in [0.05, 0.1) is 0 Å². The molecule has 5 nitrogen and oxygen atoms in total. The molecule has 128 valence electrons. The maximum Gasteiger partial charge on any atom is 0.242 e. The van der Waals surface area contributed by atoms with Gasteiger partial charge in [-0.05, 0) is 31.0 Å². The van der Waals surface area contributed by atoms with E-state index in [1.165, 1.54) is 17.0 Å². The Bertz CT molecular complexity index is 517. The molecule has 2 amide bonds. The number of halogens is 1. The van der Waals surface area contributed by atoms with Crippen LogP contribution in [0.3, 0.4) is 0 Å². The van der Waals surface area contributed by atoms with Crippen LogP contribution >= 0.6 is 0 Å². The zero-order chi connectivity index (χ0) is 17.4. The van der Waals surface area contributed by atoms with Gasteiger partial charge < -0.3 is 15.3 Å². The second-order valence-corrected chi connectivity index (χ2v) is 5.79. The molecule has 0 saturated heterocycles. The van der Waals surface area contributed by atoms with E-state index in [2.05, 4.69) is 5.32 Å². The molecule has 1 aromatic carbocycles. The summed E-state index contributed by atoms with van der Waals surface area (Å²) < 4.78 is 13.0. The van der Waals surface area contributed by atoms with Crippen molar-refractivity contribution in [3.63, 3.8) is 0 Å². The molecule has 23 heavy (non-hydrogen) atoms. The second kappa shape index (κ2) is 9.25. The van der Waals surface area contributed by atoms with Gasteiger partial charge in [0.2, 0.25) is 11.8 Å². The molecule has 0 spiro atoms. The Morgan fingerprint density at radius 2 is 1.83 bits per heavy atom. The number of nitrogens with one attached hydrogen (secondary N) is 1. The number of carbonyl (C=O) groups is 2. The SMILES string of the molecule is CC(C)C(=O)N(Cc1ccc(F)cc1)C(C)C(=O)NCCCO. The molecule has 2 N–H and O–H groups in total. The van der Waals surface area contributed by atoms with Crippen LogP contribution in [-0.2, 0) is 16.1 Å². The van der Waals surface area contributed by atoms with E-state index >= 15 is 0 Å². The quantitative estimate of drug-likeness (QED) is 0.715. The molecule has 1 unspecified atom stereocenters.